The molecule has 0 aliphatic heterocycles. The molecule has 0 amide bonds. The third-order valence-corrected chi connectivity index (χ3v) is 7.21. The van der Waals surface area contributed by atoms with E-state index in [0.717, 1.165) is 35.9 Å². The molecule has 2 heterocycles. The number of aryl methyl sites for hydroxylation is 1. The van der Waals surface area contributed by atoms with Crippen molar-refractivity contribution in [2.45, 2.75) is 58.0 Å². The lowest BCUT2D eigenvalue weighted by Gasteiger charge is -2.45. The van der Waals surface area contributed by atoms with Crippen molar-refractivity contribution in [1.29, 1.82) is 0 Å². The van der Waals surface area contributed by atoms with Gasteiger partial charge in [0.2, 0.25) is 0 Å². The lowest BCUT2D eigenvalue weighted by atomic mass is 9.76. The average Bonchev–Trinajstić information content (AvgIpc) is 3.26. The van der Waals surface area contributed by atoms with Gasteiger partial charge in [0.25, 0.3) is 0 Å². The van der Waals surface area contributed by atoms with Crippen molar-refractivity contribution >= 4 is 11.0 Å². The number of aromatic nitrogens is 3. The number of hydrogen-bond donors (Lipinski definition) is 0. The Balaban J connectivity index is 1.46. The summed E-state index contributed by atoms with van der Waals surface area (Å²) in [5, 5.41) is 9.67. The average molecular weight is 556 g/mol. The number of methoxy groups -OCH3 is 1. The van der Waals surface area contributed by atoms with Crippen molar-refractivity contribution in [2.24, 2.45) is 0 Å². The molecule has 0 unspecified atom stereocenters. The number of rotatable bonds is 10. The van der Waals surface area contributed by atoms with Crippen LogP contribution in [0.3, 0.4) is 0 Å². The topological polar surface area (TPSA) is 67.6 Å². The smallest absolute Gasteiger partial charge is 0.416 e. The Labute approximate surface area is 230 Å². The van der Waals surface area contributed by atoms with Gasteiger partial charge in [-0.2, -0.15) is 13.2 Å². The lowest BCUT2D eigenvalue weighted by molar-refractivity contribution is -0.137. The Morgan fingerprint density at radius 1 is 1.02 bits per heavy atom. The van der Waals surface area contributed by atoms with E-state index in [9.17, 15) is 13.2 Å². The van der Waals surface area contributed by atoms with Crippen LogP contribution in [0.25, 0.3) is 22.3 Å². The van der Waals surface area contributed by atoms with E-state index in [2.05, 4.69) is 21.7 Å². The molecule has 212 valence electrons. The standard InChI is InChI=1S/C30H32F3N3O4/c1-5-38-26-16-36(22-14-29(3,15-22)40-17-20-9-7-6-8-10-20)28-23(26)13-24(34-35-28)27-19(2)11-21(30(31,32)33)12-25(27)39-18-37-4/h6-13,16,22H,5,14-15,17-18H2,1-4H3. The molecule has 1 aliphatic rings. The quantitative estimate of drug-likeness (QED) is 0.194. The zero-order valence-electron chi connectivity index (χ0n) is 22.9. The maximum Gasteiger partial charge on any atom is 0.416 e. The van der Waals surface area contributed by atoms with Gasteiger partial charge in [0, 0.05) is 24.9 Å². The van der Waals surface area contributed by atoms with Crippen molar-refractivity contribution in [3.05, 3.63) is 71.4 Å². The summed E-state index contributed by atoms with van der Waals surface area (Å²) in [7, 11) is 1.40. The second kappa shape index (κ2) is 11.1. The number of fused-ring (bicyclic) bond motifs is 1. The van der Waals surface area contributed by atoms with Gasteiger partial charge in [-0.25, -0.2) is 0 Å². The lowest BCUT2D eigenvalue weighted by Crippen LogP contribution is -2.44. The normalized spacial score (nSPS) is 19.0. The van der Waals surface area contributed by atoms with Crippen LogP contribution in [0, 0.1) is 6.92 Å². The number of halogens is 3. The Morgan fingerprint density at radius 3 is 2.45 bits per heavy atom. The summed E-state index contributed by atoms with van der Waals surface area (Å²) in [4.78, 5) is 0. The highest BCUT2D eigenvalue weighted by Gasteiger charge is 2.43. The highest BCUT2D eigenvalue weighted by Crippen LogP contribution is 2.47. The molecular weight excluding hydrogens is 523 g/mol. The zero-order chi connectivity index (χ0) is 28.5. The first-order chi connectivity index (χ1) is 19.1. The van der Waals surface area contributed by atoms with Crippen LogP contribution in [-0.4, -0.2) is 40.9 Å². The molecule has 40 heavy (non-hydrogen) atoms. The molecular formula is C30H32F3N3O4. The van der Waals surface area contributed by atoms with Crippen LogP contribution >= 0.6 is 0 Å². The first kappa shape index (κ1) is 27.9. The molecule has 5 rings (SSSR count). The van der Waals surface area contributed by atoms with Gasteiger partial charge in [-0.3, -0.25) is 0 Å². The molecule has 2 aromatic carbocycles. The van der Waals surface area contributed by atoms with Crippen LogP contribution in [-0.2, 0) is 22.3 Å². The molecule has 10 heteroatoms. The Hall–Kier alpha value is -3.63. The highest BCUT2D eigenvalue weighted by atomic mass is 19.4. The largest absolute Gasteiger partial charge is 0.492 e. The third kappa shape index (κ3) is 5.64. The summed E-state index contributed by atoms with van der Waals surface area (Å²) in [6.07, 6.45) is -1.00. The van der Waals surface area contributed by atoms with Crippen molar-refractivity contribution in [3.8, 4) is 22.8 Å². The molecule has 2 aromatic heterocycles. The van der Waals surface area contributed by atoms with Gasteiger partial charge >= 0.3 is 6.18 Å². The number of benzene rings is 2. The second-order valence-corrected chi connectivity index (χ2v) is 10.3. The molecule has 0 atom stereocenters. The molecule has 1 saturated carbocycles. The molecule has 0 N–H and O–H groups in total. The van der Waals surface area contributed by atoms with E-state index in [1.807, 2.05) is 43.5 Å². The maximum atomic E-state index is 13.5. The van der Waals surface area contributed by atoms with Gasteiger partial charge in [0.15, 0.2) is 12.4 Å². The molecule has 1 aliphatic carbocycles. The van der Waals surface area contributed by atoms with E-state index in [0.29, 0.717) is 41.4 Å². The second-order valence-electron chi connectivity index (χ2n) is 10.3. The minimum Gasteiger partial charge on any atom is -0.492 e. The van der Waals surface area contributed by atoms with E-state index in [1.54, 1.807) is 13.0 Å². The van der Waals surface area contributed by atoms with Crippen LogP contribution < -0.4 is 9.47 Å². The van der Waals surface area contributed by atoms with Crippen LogP contribution in [0.15, 0.2) is 54.7 Å². The first-order valence-electron chi connectivity index (χ1n) is 13.1. The van der Waals surface area contributed by atoms with Crippen molar-refractivity contribution in [2.75, 3.05) is 20.5 Å². The van der Waals surface area contributed by atoms with E-state index < -0.39 is 11.7 Å². The van der Waals surface area contributed by atoms with Crippen LogP contribution in [0.4, 0.5) is 13.2 Å². The summed E-state index contributed by atoms with van der Waals surface area (Å²) in [6, 6.07) is 14.1. The molecule has 7 nitrogen and oxygen atoms in total. The zero-order valence-corrected chi connectivity index (χ0v) is 22.9. The van der Waals surface area contributed by atoms with E-state index in [1.165, 1.54) is 7.11 Å². The fraction of sp³-hybridized carbons (Fsp3) is 0.400. The summed E-state index contributed by atoms with van der Waals surface area (Å²) in [5.74, 6) is 0.655. The van der Waals surface area contributed by atoms with Crippen LogP contribution in [0.1, 0.15) is 49.4 Å². The van der Waals surface area contributed by atoms with Crippen molar-refractivity contribution in [3.63, 3.8) is 0 Å². The molecule has 1 fully saturated rings. The van der Waals surface area contributed by atoms with Gasteiger partial charge in [-0.15, -0.1) is 10.2 Å². The van der Waals surface area contributed by atoms with Gasteiger partial charge in [0.05, 0.1) is 35.5 Å². The van der Waals surface area contributed by atoms with Crippen LogP contribution in [0.5, 0.6) is 11.5 Å². The molecule has 4 aromatic rings. The number of ether oxygens (including phenoxy) is 4. The van der Waals surface area contributed by atoms with Gasteiger partial charge in [-0.05, 0) is 62.9 Å². The summed E-state index contributed by atoms with van der Waals surface area (Å²) in [5.41, 5.74) is 1.86. The van der Waals surface area contributed by atoms with Crippen LogP contribution in [0.2, 0.25) is 0 Å². The Morgan fingerprint density at radius 2 is 1.77 bits per heavy atom. The number of nitrogens with zero attached hydrogens (tertiary/aromatic N) is 3. The van der Waals surface area contributed by atoms with Crippen molar-refractivity contribution in [1.82, 2.24) is 14.8 Å². The summed E-state index contributed by atoms with van der Waals surface area (Å²) < 4.78 is 65.3. The highest BCUT2D eigenvalue weighted by molar-refractivity contribution is 5.88. The minimum atomic E-state index is -4.52. The summed E-state index contributed by atoms with van der Waals surface area (Å²) in [6.45, 7) is 6.38. The molecule has 0 bridgehead atoms. The van der Waals surface area contributed by atoms with Gasteiger partial charge < -0.3 is 23.5 Å². The van der Waals surface area contributed by atoms with Gasteiger partial charge in [0.1, 0.15) is 11.5 Å². The van der Waals surface area contributed by atoms with E-state index in [-0.39, 0.29) is 24.2 Å². The van der Waals surface area contributed by atoms with E-state index in [4.69, 9.17) is 18.9 Å². The monoisotopic (exact) mass is 555 g/mol. The summed E-state index contributed by atoms with van der Waals surface area (Å²) >= 11 is 0. The Kier molecular flexibility index (Phi) is 7.74. The van der Waals surface area contributed by atoms with E-state index >= 15 is 0 Å². The Bertz CT molecular complexity index is 1480. The predicted molar refractivity (Wildman–Crippen MR) is 144 cm³/mol. The predicted octanol–water partition coefficient (Wildman–Crippen LogP) is 7.12. The van der Waals surface area contributed by atoms with Gasteiger partial charge in [-0.1, -0.05) is 30.3 Å². The molecule has 0 saturated heterocycles. The third-order valence-electron chi connectivity index (χ3n) is 7.21. The minimum absolute atomic E-state index is 0.0190. The maximum absolute atomic E-state index is 13.5. The molecule has 0 radical (unpaired) electrons. The SMILES string of the molecule is CCOc1cn(C2CC(C)(OCc3ccccc3)C2)c2nnc(-c3c(C)cc(C(F)(F)F)cc3OCOC)cc12. The fourth-order valence-corrected chi connectivity index (χ4v) is 5.25. The number of alkyl halides is 3. The van der Waals surface area contributed by atoms with Crippen molar-refractivity contribution < 1.29 is 32.1 Å². The number of hydrogen-bond acceptors (Lipinski definition) is 6. The fourth-order valence-electron chi connectivity index (χ4n) is 5.25. The first-order valence-corrected chi connectivity index (χ1v) is 13.1. The molecule has 0 spiro atoms.